The van der Waals surface area contributed by atoms with Crippen LogP contribution >= 0.6 is 11.8 Å². The first-order valence-corrected chi connectivity index (χ1v) is 6.71. The summed E-state index contributed by atoms with van der Waals surface area (Å²) in [6.45, 7) is 3.98. The molecule has 1 unspecified atom stereocenters. The molecule has 82 valence electrons. The van der Waals surface area contributed by atoms with Gasteiger partial charge in [0.2, 0.25) is 0 Å². The number of thioether (sulfide) groups is 1. The average molecular weight is 216 g/mol. The first-order chi connectivity index (χ1) is 6.77. The van der Waals surface area contributed by atoms with Gasteiger partial charge in [0.05, 0.1) is 0 Å². The van der Waals surface area contributed by atoms with Crippen LogP contribution in [-0.4, -0.2) is 42.1 Å². The van der Waals surface area contributed by atoms with Crippen molar-refractivity contribution >= 4 is 17.8 Å². The Labute approximate surface area is 90.6 Å². The van der Waals surface area contributed by atoms with Crippen LogP contribution in [0.1, 0.15) is 26.2 Å². The molecule has 0 aromatic carbocycles. The van der Waals surface area contributed by atoms with E-state index in [9.17, 15) is 4.79 Å². The Morgan fingerprint density at radius 1 is 1.50 bits per heavy atom. The van der Waals surface area contributed by atoms with E-state index in [1.807, 2.05) is 4.90 Å². The number of urea groups is 1. The molecule has 0 bridgehead atoms. The molecule has 1 rings (SSSR count). The van der Waals surface area contributed by atoms with Gasteiger partial charge in [-0.3, -0.25) is 0 Å². The van der Waals surface area contributed by atoms with Crippen LogP contribution < -0.4 is 5.32 Å². The summed E-state index contributed by atoms with van der Waals surface area (Å²) in [6.07, 6.45) is 5.41. The van der Waals surface area contributed by atoms with Gasteiger partial charge in [0.25, 0.3) is 0 Å². The normalized spacial score (nSPS) is 18.3. The lowest BCUT2D eigenvalue weighted by atomic mass is 10.3. The van der Waals surface area contributed by atoms with Gasteiger partial charge < -0.3 is 10.2 Å². The van der Waals surface area contributed by atoms with Crippen LogP contribution in [0.4, 0.5) is 4.79 Å². The number of amides is 2. The third kappa shape index (κ3) is 3.40. The second kappa shape index (κ2) is 6.17. The summed E-state index contributed by atoms with van der Waals surface area (Å²) in [5.74, 6) is 1.01. The lowest BCUT2D eigenvalue weighted by Gasteiger charge is -2.21. The Kier molecular flexibility index (Phi) is 5.15. The summed E-state index contributed by atoms with van der Waals surface area (Å²) < 4.78 is 0. The number of rotatable bonds is 4. The molecule has 0 spiro atoms. The zero-order chi connectivity index (χ0) is 10.4. The molecule has 0 radical (unpaired) electrons. The maximum Gasteiger partial charge on any atom is 0.317 e. The standard InChI is InChI=1S/C10H20N2OS/c1-3-9(8-14-2)11-10(13)12-6-4-5-7-12/h9H,3-8H2,1-2H3,(H,11,13). The van der Waals surface area contributed by atoms with Gasteiger partial charge >= 0.3 is 6.03 Å². The van der Waals surface area contributed by atoms with Crippen molar-refractivity contribution in [3.05, 3.63) is 0 Å². The molecule has 1 heterocycles. The molecule has 14 heavy (non-hydrogen) atoms. The van der Waals surface area contributed by atoms with Gasteiger partial charge in [0.15, 0.2) is 0 Å². The number of nitrogens with zero attached hydrogens (tertiary/aromatic N) is 1. The summed E-state index contributed by atoms with van der Waals surface area (Å²) in [5.41, 5.74) is 0. The summed E-state index contributed by atoms with van der Waals surface area (Å²) in [6, 6.07) is 0.460. The molecule has 0 aromatic rings. The van der Waals surface area contributed by atoms with Crippen molar-refractivity contribution < 1.29 is 4.79 Å². The molecular weight excluding hydrogens is 196 g/mol. The third-order valence-electron chi connectivity index (χ3n) is 2.58. The Balaban J connectivity index is 2.29. The number of nitrogens with one attached hydrogen (secondary N) is 1. The topological polar surface area (TPSA) is 32.3 Å². The van der Waals surface area contributed by atoms with E-state index in [-0.39, 0.29) is 6.03 Å². The van der Waals surface area contributed by atoms with Crippen molar-refractivity contribution in [3.8, 4) is 0 Å². The molecule has 3 nitrogen and oxygen atoms in total. The lowest BCUT2D eigenvalue weighted by molar-refractivity contribution is 0.205. The molecule has 1 aliphatic rings. The van der Waals surface area contributed by atoms with Gasteiger partial charge in [0, 0.05) is 24.9 Å². The van der Waals surface area contributed by atoms with Crippen molar-refractivity contribution in [2.45, 2.75) is 32.2 Å². The van der Waals surface area contributed by atoms with Crippen LogP contribution in [0, 0.1) is 0 Å². The fraction of sp³-hybridized carbons (Fsp3) is 0.900. The average Bonchev–Trinajstić information content (AvgIpc) is 2.69. The Morgan fingerprint density at radius 3 is 2.64 bits per heavy atom. The number of likely N-dealkylation sites (tertiary alicyclic amines) is 1. The number of carbonyl (C=O) groups excluding carboxylic acids is 1. The van der Waals surface area contributed by atoms with Crippen LogP contribution in [-0.2, 0) is 0 Å². The summed E-state index contributed by atoms with van der Waals surface area (Å²) >= 11 is 1.79. The molecule has 1 atom stereocenters. The van der Waals surface area contributed by atoms with Gasteiger partial charge in [0.1, 0.15) is 0 Å². The van der Waals surface area contributed by atoms with E-state index >= 15 is 0 Å². The predicted molar refractivity (Wildman–Crippen MR) is 61.8 cm³/mol. The van der Waals surface area contributed by atoms with Crippen molar-refractivity contribution in [3.63, 3.8) is 0 Å². The molecule has 1 N–H and O–H groups in total. The highest BCUT2D eigenvalue weighted by molar-refractivity contribution is 7.98. The molecule has 4 heteroatoms. The van der Waals surface area contributed by atoms with Gasteiger partial charge in [-0.25, -0.2) is 4.79 Å². The highest BCUT2D eigenvalue weighted by Gasteiger charge is 2.19. The SMILES string of the molecule is CCC(CSC)NC(=O)N1CCCC1. The van der Waals surface area contributed by atoms with E-state index in [2.05, 4.69) is 18.5 Å². The van der Waals surface area contributed by atoms with Gasteiger partial charge in [-0.2, -0.15) is 11.8 Å². The predicted octanol–water partition coefficient (Wildman–Crippen LogP) is 1.93. The number of carbonyl (C=O) groups is 1. The molecule has 1 aliphatic heterocycles. The van der Waals surface area contributed by atoms with Crippen molar-refractivity contribution in [2.75, 3.05) is 25.1 Å². The second-order valence-corrected chi connectivity index (χ2v) is 4.61. The van der Waals surface area contributed by atoms with E-state index < -0.39 is 0 Å². The third-order valence-corrected chi connectivity index (χ3v) is 3.32. The van der Waals surface area contributed by atoms with Crippen molar-refractivity contribution in [1.82, 2.24) is 10.2 Å². The number of hydrogen-bond donors (Lipinski definition) is 1. The zero-order valence-electron chi connectivity index (χ0n) is 9.08. The van der Waals surface area contributed by atoms with Gasteiger partial charge in [-0.1, -0.05) is 6.92 Å². The van der Waals surface area contributed by atoms with Crippen LogP contribution in [0.15, 0.2) is 0 Å². The van der Waals surface area contributed by atoms with Crippen LogP contribution in [0.2, 0.25) is 0 Å². The summed E-state index contributed by atoms with van der Waals surface area (Å²) in [5, 5.41) is 3.08. The van der Waals surface area contributed by atoms with E-state index in [1.54, 1.807) is 11.8 Å². The second-order valence-electron chi connectivity index (χ2n) is 3.70. The maximum absolute atomic E-state index is 11.7. The lowest BCUT2D eigenvalue weighted by Crippen LogP contribution is -2.44. The van der Waals surface area contributed by atoms with Crippen molar-refractivity contribution in [1.29, 1.82) is 0 Å². The summed E-state index contributed by atoms with van der Waals surface area (Å²) in [7, 11) is 0. The molecular formula is C10H20N2OS. The monoisotopic (exact) mass is 216 g/mol. The molecule has 0 aromatic heterocycles. The minimum Gasteiger partial charge on any atom is -0.334 e. The molecule has 0 aliphatic carbocycles. The quantitative estimate of drug-likeness (QED) is 0.779. The van der Waals surface area contributed by atoms with Gasteiger partial charge in [-0.05, 0) is 25.5 Å². The highest BCUT2D eigenvalue weighted by Crippen LogP contribution is 2.08. The fourth-order valence-corrected chi connectivity index (χ4v) is 2.37. The van der Waals surface area contributed by atoms with Crippen molar-refractivity contribution in [2.24, 2.45) is 0 Å². The van der Waals surface area contributed by atoms with E-state index in [0.717, 1.165) is 38.1 Å². The zero-order valence-corrected chi connectivity index (χ0v) is 9.90. The minimum absolute atomic E-state index is 0.128. The van der Waals surface area contributed by atoms with E-state index in [0.29, 0.717) is 6.04 Å². The van der Waals surface area contributed by atoms with Crippen LogP contribution in [0.5, 0.6) is 0 Å². The van der Waals surface area contributed by atoms with Gasteiger partial charge in [-0.15, -0.1) is 0 Å². The smallest absolute Gasteiger partial charge is 0.317 e. The molecule has 1 saturated heterocycles. The van der Waals surface area contributed by atoms with E-state index in [4.69, 9.17) is 0 Å². The minimum atomic E-state index is 0.128. The maximum atomic E-state index is 11.7. The fourth-order valence-electron chi connectivity index (χ4n) is 1.65. The Hall–Kier alpha value is -0.380. The van der Waals surface area contributed by atoms with Crippen LogP contribution in [0.3, 0.4) is 0 Å². The molecule has 0 saturated carbocycles. The Morgan fingerprint density at radius 2 is 2.14 bits per heavy atom. The van der Waals surface area contributed by atoms with E-state index in [1.165, 1.54) is 0 Å². The summed E-state index contributed by atoms with van der Waals surface area (Å²) in [4.78, 5) is 13.6. The number of hydrogen-bond acceptors (Lipinski definition) is 2. The molecule has 1 fully saturated rings. The largest absolute Gasteiger partial charge is 0.334 e. The first-order valence-electron chi connectivity index (χ1n) is 5.32. The molecule has 2 amide bonds. The highest BCUT2D eigenvalue weighted by atomic mass is 32.2. The van der Waals surface area contributed by atoms with Crippen LogP contribution in [0.25, 0.3) is 0 Å². The Bertz CT molecular complexity index is 181. The first kappa shape index (κ1) is 11.7.